The highest BCUT2D eigenvalue weighted by Gasteiger charge is 2.19. The fraction of sp³-hybridized carbons (Fsp3) is 0.300. The maximum Gasteiger partial charge on any atom is 0.379 e. The lowest BCUT2D eigenvalue weighted by Crippen LogP contribution is -2.06. The summed E-state index contributed by atoms with van der Waals surface area (Å²) in [4.78, 5) is 15.9. The molecular weight excluding hydrogens is 264 g/mol. The van der Waals surface area contributed by atoms with Gasteiger partial charge in [0, 0.05) is 0 Å². The highest BCUT2D eigenvalue weighted by Crippen LogP contribution is 2.35. The number of halogens is 1. The number of nitrogens with zero attached hydrogens (tertiary/aromatic N) is 2. The van der Waals surface area contributed by atoms with Crippen molar-refractivity contribution in [3.05, 3.63) is 21.8 Å². The molecule has 0 amide bonds. The average molecular weight is 273 g/mol. The summed E-state index contributed by atoms with van der Waals surface area (Å²) < 4.78 is 9.74. The Bertz CT molecular complexity index is 549. The number of thiophene rings is 1. The number of esters is 1. The van der Waals surface area contributed by atoms with E-state index in [0.717, 1.165) is 5.56 Å². The van der Waals surface area contributed by atoms with Crippen molar-refractivity contribution >= 4 is 28.9 Å². The SMILES string of the molecule is CCOC(=O)c1noc(-c2scc(C)c2Cl)n1. The van der Waals surface area contributed by atoms with Crippen LogP contribution in [0.1, 0.15) is 23.1 Å². The third-order valence-corrected chi connectivity index (χ3v) is 3.66. The van der Waals surface area contributed by atoms with Crippen LogP contribution in [0.15, 0.2) is 9.90 Å². The monoisotopic (exact) mass is 272 g/mol. The van der Waals surface area contributed by atoms with Gasteiger partial charge in [0.15, 0.2) is 0 Å². The van der Waals surface area contributed by atoms with E-state index in [-0.39, 0.29) is 18.3 Å². The van der Waals surface area contributed by atoms with Crippen LogP contribution in [0.25, 0.3) is 10.8 Å². The van der Waals surface area contributed by atoms with Crippen molar-refractivity contribution in [2.45, 2.75) is 13.8 Å². The van der Waals surface area contributed by atoms with Crippen LogP contribution in [-0.2, 0) is 4.74 Å². The third-order valence-electron chi connectivity index (χ3n) is 1.98. The summed E-state index contributed by atoms with van der Waals surface area (Å²) in [5, 5.41) is 5.99. The maximum absolute atomic E-state index is 11.3. The van der Waals surface area contributed by atoms with Crippen molar-refractivity contribution in [3.8, 4) is 10.8 Å². The third kappa shape index (κ3) is 2.32. The van der Waals surface area contributed by atoms with Crippen LogP contribution in [0.3, 0.4) is 0 Å². The summed E-state index contributed by atoms with van der Waals surface area (Å²) in [5.74, 6) is -0.466. The molecule has 5 nitrogen and oxygen atoms in total. The van der Waals surface area contributed by atoms with Gasteiger partial charge in [-0.1, -0.05) is 11.6 Å². The summed E-state index contributed by atoms with van der Waals surface area (Å²) in [6.45, 7) is 3.85. The number of rotatable bonds is 3. The molecule has 0 radical (unpaired) electrons. The summed E-state index contributed by atoms with van der Waals surface area (Å²) in [7, 11) is 0. The van der Waals surface area contributed by atoms with E-state index >= 15 is 0 Å². The summed E-state index contributed by atoms with van der Waals surface area (Å²) in [6.07, 6.45) is 0. The van der Waals surface area contributed by atoms with Gasteiger partial charge in [0.05, 0.1) is 11.6 Å². The molecule has 2 heterocycles. The van der Waals surface area contributed by atoms with E-state index in [1.165, 1.54) is 11.3 Å². The van der Waals surface area contributed by atoms with Crippen LogP contribution >= 0.6 is 22.9 Å². The first kappa shape index (κ1) is 12.1. The van der Waals surface area contributed by atoms with Gasteiger partial charge in [-0.2, -0.15) is 4.98 Å². The number of aromatic nitrogens is 2. The molecule has 0 N–H and O–H groups in total. The minimum Gasteiger partial charge on any atom is -0.460 e. The summed E-state index contributed by atoms with van der Waals surface area (Å²) in [6, 6.07) is 0. The Morgan fingerprint density at radius 2 is 2.41 bits per heavy atom. The average Bonchev–Trinajstić information content (AvgIpc) is 2.88. The number of carbonyl (C=O) groups is 1. The molecule has 0 saturated carbocycles. The lowest BCUT2D eigenvalue weighted by atomic mass is 10.3. The zero-order valence-corrected chi connectivity index (χ0v) is 10.8. The van der Waals surface area contributed by atoms with E-state index in [4.69, 9.17) is 20.9 Å². The number of ether oxygens (including phenoxy) is 1. The molecule has 0 atom stereocenters. The molecule has 2 rings (SSSR count). The highest BCUT2D eigenvalue weighted by atomic mass is 35.5. The molecule has 2 aromatic rings. The molecule has 0 unspecified atom stereocenters. The number of hydrogen-bond donors (Lipinski definition) is 0. The van der Waals surface area contributed by atoms with E-state index in [1.54, 1.807) is 6.92 Å². The van der Waals surface area contributed by atoms with Gasteiger partial charge in [-0.05, 0) is 29.9 Å². The van der Waals surface area contributed by atoms with Crippen LogP contribution < -0.4 is 0 Å². The molecular formula is C10H9ClN2O3S. The molecule has 0 aliphatic heterocycles. The van der Waals surface area contributed by atoms with Crippen LogP contribution in [0.4, 0.5) is 0 Å². The molecule has 2 aromatic heterocycles. The molecule has 17 heavy (non-hydrogen) atoms. The van der Waals surface area contributed by atoms with E-state index in [0.29, 0.717) is 9.90 Å². The van der Waals surface area contributed by atoms with Gasteiger partial charge in [0.2, 0.25) is 0 Å². The zero-order chi connectivity index (χ0) is 12.4. The molecule has 7 heteroatoms. The lowest BCUT2D eigenvalue weighted by molar-refractivity contribution is 0.0508. The maximum atomic E-state index is 11.3. The van der Waals surface area contributed by atoms with Gasteiger partial charge < -0.3 is 9.26 Å². The zero-order valence-electron chi connectivity index (χ0n) is 9.19. The largest absolute Gasteiger partial charge is 0.460 e. The Kier molecular flexibility index (Phi) is 3.44. The normalized spacial score (nSPS) is 10.5. The standard InChI is InChI=1S/C10H9ClN2O3S/c1-3-15-10(14)8-12-9(16-13-8)7-6(11)5(2)4-17-7/h4H,3H2,1-2H3. The quantitative estimate of drug-likeness (QED) is 0.804. The van der Waals surface area contributed by atoms with Crippen molar-refractivity contribution in [1.29, 1.82) is 0 Å². The van der Waals surface area contributed by atoms with Crippen molar-refractivity contribution < 1.29 is 14.1 Å². The Morgan fingerprint density at radius 1 is 1.65 bits per heavy atom. The van der Waals surface area contributed by atoms with Crippen molar-refractivity contribution in [2.75, 3.05) is 6.61 Å². The van der Waals surface area contributed by atoms with E-state index in [9.17, 15) is 4.79 Å². The van der Waals surface area contributed by atoms with Gasteiger partial charge in [0.25, 0.3) is 11.7 Å². The fourth-order valence-corrected chi connectivity index (χ4v) is 2.36. The summed E-state index contributed by atoms with van der Waals surface area (Å²) >= 11 is 7.45. The second kappa shape index (κ2) is 4.85. The Labute approximate surface area is 106 Å². The van der Waals surface area contributed by atoms with Gasteiger partial charge in [-0.3, -0.25) is 0 Å². The Hall–Kier alpha value is -1.40. The van der Waals surface area contributed by atoms with Crippen LogP contribution in [-0.4, -0.2) is 22.7 Å². The number of hydrogen-bond acceptors (Lipinski definition) is 6. The van der Waals surface area contributed by atoms with Crippen molar-refractivity contribution in [2.24, 2.45) is 0 Å². The molecule has 0 fully saturated rings. The van der Waals surface area contributed by atoms with Gasteiger partial charge in [-0.15, -0.1) is 11.3 Å². The molecule has 0 aromatic carbocycles. The predicted octanol–water partition coefficient (Wildman–Crippen LogP) is 2.94. The minimum atomic E-state index is -0.605. The molecule has 0 bridgehead atoms. The Morgan fingerprint density at radius 3 is 3.00 bits per heavy atom. The molecule has 0 aliphatic rings. The minimum absolute atomic E-state index is 0.0935. The molecule has 90 valence electrons. The first-order valence-electron chi connectivity index (χ1n) is 4.88. The van der Waals surface area contributed by atoms with Crippen LogP contribution in [0.2, 0.25) is 5.02 Å². The first-order valence-corrected chi connectivity index (χ1v) is 6.14. The van der Waals surface area contributed by atoms with Gasteiger partial charge in [0.1, 0.15) is 4.88 Å². The first-order chi connectivity index (χ1) is 8.13. The smallest absolute Gasteiger partial charge is 0.379 e. The van der Waals surface area contributed by atoms with Crippen molar-refractivity contribution in [1.82, 2.24) is 10.1 Å². The molecule has 0 saturated heterocycles. The number of aryl methyl sites for hydroxylation is 1. The molecule has 0 aliphatic carbocycles. The fourth-order valence-electron chi connectivity index (χ4n) is 1.17. The highest BCUT2D eigenvalue weighted by molar-refractivity contribution is 7.14. The Balaban J connectivity index is 2.30. The lowest BCUT2D eigenvalue weighted by Gasteiger charge is -1.93. The van der Waals surface area contributed by atoms with E-state index in [1.807, 2.05) is 12.3 Å². The van der Waals surface area contributed by atoms with E-state index < -0.39 is 5.97 Å². The van der Waals surface area contributed by atoms with Gasteiger partial charge in [-0.25, -0.2) is 4.79 Å². The van der Waals surface area contributed by atoms with Crippen molar-refractivity contribution in [3.63, 3.8) is 0 Å². The summed E-state index contributed by atoms with van der Waals surface area (Å²) in [5.41, 5.74) is 0.933. The van der Waals surface area contributed by atoms with Crippen LogP contribution in [0.5, 0.6) is 0 Å². The predicted molar refractivity (Wildman–Crippen MR) is 63.3 cm³/mol. The molecule has 0 spiro atoms. The van der Waals surface area contributed by atoms with Crippen LogP contribution in [0, 0.1) is 6.92 Å². The van der Waals surface area contributed by atoms with Gasteiger partial charge >= 0.3 is 5.97 Å². The second-order valence-electron chi connectivity index (χ2n) is 3.21. The number of carbonyl (C=O) groups excluding carboxylic acids is 1. The van der Waals surface area contributed by atoms with E-state index in [2.05, 4.69) is 10.1 Å². The topological polar surface area (TPSA) is 65.2 Å². The second-order valence-corrected chi connectivity index (χ2v) is 4.46.